The molecule has 0 aliphatic heterocycles. The summed E-state index contributed by atoms with van der Waals surface area (Å²) in [5.41, 5.74) is 2.44. The summed E-state index contributed by atoms with van der Waals surface area (Å²) in [6.45, 7) is 0. The molecule has 2 aromatic heterocycles. The lowest BCUT2D eigenvalue weighted by Gasteiger charge is -1.99. The first-order valence-electron chi connectivity index (χ1n) is 4.13. The quantitative estimate of drug-likeness (QED) is 0.524. The molecule has 0 atom stereocenters. The molecule has 2 aromatic rings. The van der Waals surface area contributed by atoms with E-state index in [-0.39, 0.29) is 5.82 Å². The number of aromatic nitrogens is 3. The van der Waals surface area contributed by atoms with Gasteiger partial charge in [-0.05, 0) is 18.2 Å². The van der Waals surface area contributed by atoms with Gasteiger partial charge in [0, 0.05) is 6.20 Å². The fourth-order valence-electron chi connectivity index (χ4n) is 1.59. The summed E-state index contributed by atoms with van der Waals surface area (Å²) in [5, 5.41) is 9.66. The number of hydrogen-bond acceptors (Lipinski definition) is 4. The molecule has 0 spiro atoms. The smallest absolute Gasteiger partial charge is 0.233 e. The predicted octanol–water partition coefficient (Wildman–Crippen LogP) is 1.38. The van der Waals surface area contributed by atoms with Crippen molar-refractivity contribution in [2.24, 2.45) is 0 Å². The summed E-state index contributed by atoms with van der Waals surface area (Å²) in [6.07, 6.45) is 5.42. The highest BCUT2D eigenvalue weighted by atomic mass is 14.9. The molecule has 14 heavy (non-hydrogen) atoms. The molecule has 0 N–H and O–H groups in total. The molecule has 0 fully saturated rings. The van der Waals surface area contributed by atoms with Crippen molar-refractivity contribution in [3.05, 3.63) is 29.5 Å². The lowest BCUT2D eigenvalue weighted by Crippen LogP contribution is -1.94. The van der Waals surface area contributed by atoms with Gasteiger partial charge in [-0.1, -0.05) is 0 Å². The second-order valence-corrected chi connectivity index (χ2v) is 2.97. The summed E-state index contributed by atoms with van der Waals surface area (Å²) in [4.78, 5) is 12.4. The average Bonchev–Trinajstić information content (AvgIpc) is 2.64. The molecule has 0 saturated carbocycles. The van der Waals surface area contributed by atoms with Crippen molar-refractivity contribution < 1.29 is 0 Å². The Kier molecular flexibility index (Phi) is 1.21. The molecule has 0 unspecified atom stereocenters. The summed E-state index contributed by atoms with van der Waals surface area (Å²) in [6, 6.07) is 3.73. The Balaban J connectivity index is 2.54. The SMILES string of the molecule is N#Cc1nc2c3c(nccc3n1)C=C2. The third-order valence-electron chi connectivity index (χ3n) is 2.17. The van der Waals surface area contributed by atoms with Crippen LogP contribution in [0.1, 0.15) is 17.2 Å². The molecule has 0 saturated heterocycles. The Morgan fingerprint density at radius 2 is 2.00 bits per heavy atom. The Morgan fingerprint density at radius 1 is 1.14 bits per heavy atom. The Hall–Kier alpha value is -2.28. The Labute approximate surface area is 79.6 Å². The monoisotopic (exact) mass is 180 g/mol. The minimum Gasteiger partial charge on any atom is -0.256 e. The molecular weight excluding hydrogens is 176 g/mol. The normalized spacial score (nSPS) is 11.9. The highest BCUT2D eigenvalue weighted by Gasteiger charge is 2.13. The van der Waals surface area contributed by atoms with Crippen molar-refractivity contribution in [1.29, 1.82) is 5.26 Å². The van der Waals surface area contributed by atoms with E-state index in [1.54, 1.807) is 12.3 Å². The maximum absolute atomic E-state index is 8.72. The van der Waals surface area contributed by atoms with Crippen LogP contribution in [0.5, 0.6) is 0 Å². The van der Waals surface area contributed by atoms with Gasteiger partial charge in [0.2, 0.25) is 5.82 Å². The second-order valence-electron chi connectivity index (χ2n) is 2.97. The molecule has 1 aliphatic carbocycles. The van der Waals surface area contributed by atoms with E-state index in [1.807, 2.05) is 18.2 Å². The molecule has 4 nitrogen and oxygen atoms in total. The maximum Gasteiger partial charge on any atom is 0.233 e. The van der Waals surface area contributed by atoms with Crippen molar-refractivity contribution in [2.75, 3.05) is 0 Å². The van der Waals surface area contributed by atoms with Gasteiger partial charge in [-0.25, -0.2) is 9.97 Å². The van der Waals surface area contributed by atoms with Crippen LogP contribution in [0.25, 0.3) is 23.1 Å². The van der Waals surface area contributed by atoms with E-state index >= 15 is 0 Å². The van der Waals surface area contributed by atoms with Gasteiger partial charge in [0.15, 0.2) is 0 Å². The predicted molar refractivity (Wildman–Crippen MR) is 51.0 cm³/mol. The number of hydrogen-bond donors (Lipinski definition) is 0. The minimum absolute atomic E-state index is 0.205. The van der Waals surface area contributed by atoms with Crippen LogP contribution < -0.4 is 0 Å². The van der Waals surface area contributed by atoms with Crippen LogP contribution in [0.2, 0.25) is 0 Å². The van der Waals surface area contributed by atoms with E-state index in [1.165, 1.54) is 0 Å². The van der Waals surface area contributed by atoms with Crippen molar-refractivity contribution >= 4 is 23.1 Å². The van der Waals surface area contributed by atoms with Gasteiger partial charge in [-0.2, -0.15) is 5.26 Å². The van der Waals surface area contributed by atoms with E-state index in [2.05, 4.69) is 15.0 Å². The Bertz CT molecular complexity index is 607. The van der Waals surface area contributed by atoms with Gasteiger partial charge in [0.1, 0.15) is 6.07 Å². The lowest BCUT2D eigenvalue weighted by atomic mass is 10.2. The molecular formula is C10H4N4. The Morgan fingerprint density at radius 3 is 2.86 bits per heavy atom. The first-order chi connectivity index (χ1) is 6.88. The number of rotatable bonds is 0. The summed E-state index contributed by atoms with van der Waals surface area (Å²) in [7, 11) is 0. The summed E-state index contributed by atoms with van der Waals surface area (Å²) in [5.74, 6) is 0.205. The maximum atomic E-state index is 8.72. The van der Waals surface area contributed by atoms with Gasteiger partial charge in [-0.15, -0.1) is 0 Å². The van der Waals surface area contributed by atoms with E-state index < -0.39 is 0 Å². The highest BCUT2D eigenvalue weighted by Crippen LogP contribution is 2.26. The zero-order valence-electron chi connectivity index (χ0n) is 7.10. The molecule has 64 valence electrons. The van der Waals surface area contributed by atoms with Crippen LogP contribution in [0.4, 0.5) is 0 Å². The number of pyridine rings is 1. The highest BCUT2D eigenvalue weighted by molar-refractivity contribution is 6.00. The topological polar surface area (TPSA) is 62.5 Å². The molecule has 1 aliphatic rings. The van der Waals surface area contributed by atoms with Gasteiger partial charge in [-0.3, -0.25) is 4.98 Å². The van der Waals surface area contributed by atoms with Crippen LogP contribution >= 0.6 is 0 Å². The van der Waals surface area contributed by atoms with E-state index in [9.17, 15) is 0 Å². The average molecular weight is 180 g/mol. The van der Waals surface area contributed by atoms with Crippen molar-refractivity contribution in [3.63, 3.8) is 0 Å². The third kappa shape index (κ3) is 0.783. The van der Waals surface area contributed by atoms with Gasteiger partial charge in [0.25, 0.3) is 0 Å². The fraction of sp³-hybridized carbons (Fsp3) is 0. The van der Waals surface area contributed by atoms with E-state index in [0.717, 1.165) is 22.3 Å². The van der Waals surface area contributed by atoms with Gasteiger partial charge < -0.3 is 0 Å². The minimum atomic E-state index is 0.205. The molecule has 0 aromatic carbocycles. The molecule has 0 bridgehead atoms. The van der Waals surface area contributed by atoms with Gasteiger partial charge in [0.05, 0.1) is 22.3 Å². The zero-order valence-corrected chi connectivity index (χ0v) is 7.10. The lowest BCUT2D eigenvalue weighted by molar-refractivity contribution is 1.14. The van der Waals surface area contributed by atoms with Crippen molar-refractivity contribution in [1.82, 2.24) is 15.0 Å². The fourth-order valence-corrected chi connectivity index (χ4v) is 1.59. The molecule has 4 heteroatoms. The van der Waals surface area contributed by atoms with Crippen LogP contribution in [0, 0.1) is 11.3 Å². The van der Waals surface area contributed by atoms with Gasteiger partial charge >= 0.3 is 0 Å². The molecule has 0 radical (unpaired) electrons. The summed E-state index contributed by atoms with van der Waals surface area (Å²) < 4.78 is 0. The number of nitrogens with zero attached hydrogens (tertiary/aromatic N) is 4. The first-order valence-corrected chi connectivity index (χ1v) is 4.13. The first kappa shape index (κ1) is 7.15. The largest absolute Gasteiger partial charge is 0.256 e. The molecule has 2 heterocycles. The standard InChI is InChI=1S/C10H4N4/c11-5-9-13-7-2-1-6-10(7)8(14-9)3-4-12-6/h1-4H. The van der Waals surface area contributed by atoms with Crippen molar-refractivity contribution in [3.8, 4) is 6.07 Å². The van der Waals surface area contributed by atoms with Crippen LogP contribution in [-0.4, -0.2) is 15.0 Å². The zero-order chi connectivity index (χ0) is 9.54. The van der Waals surface area contributed by atoms with Crippen LogP contribution in [-0.2, 0) is 0 Å². The van der Waals surface area contributed by atoms with Crippen molar-refractivity contribution in [2.45, 2.75) is 0 Å². The number of nitriles is 1. The van der Waals surface area contributed by atoms with Crippen LogP contribution in [0.3, 0.4) is 0 Å². The van der Waals surface area contributed by atoms with E-state index in [0.29, 0.717) is 0 Å². The molecule has 3 rings (SSSR count). The summed E-state index contributed by atoms with van der Waals surface area (Å²) >= 11 is 0. The van der Waals surface area contributed by atoms with E-state index in [4.69, 9.17) is 5.26 Å². The van der Waals surface area contributed by atoms with Crippen LogP contribution in [0.15, 0.2) is 12.3 Å². The third-order valence-corrected chi connectivity index (χ3v) is 2.17. The second kappa shape index (κ2) is 2.36. The molecule has 0 amide bonds.